The van der Waals surface area contributed by atoms with Crippen molar-refractivity contribution in [3.8, 4) is 5.69 Å². The van der Waals surface area contributed by atoms with Crippen molar-refractivity contribution < 1.29 is 5.11 Å². The summed E-state index contributed by atoms with van der Waals surface area (Å²) in [5.74, 6) is 0.400. The van der Waals surface area contributed by atoms with Crippen molar-refractivity contribution in [2.75, 3.05) is 13.2 Å². The third-order valence-corrected chi connectivity index (χ3v) is 3.83. The minimum atomic E-state index is 0.283. The zero-order valence-corrected chi connectivity index (χ0v) is 12.9. The Bertz CT molecular complexity index is 507. The van der Waals surface area contributed by atoms with Gasteiger partial charge >= 0.3 is 0 Å². The summed E-state index contributed by atoms with van der Waals surface area (Å²) >= 11 is 0. The lowest BCUT2D eigenvalue weighted by molar-refractivity contribution is 0.227. The van der Waals surface area contributed by atoms with Crippen LogP contribution in [0.25, 0.3) is 5.69 Å². The molecule has 2 N–H and O–H groups in total. The molecule has 1 aromatic heterocycles. The van der Waals surface area contributed by atoms with E-state index in [1.807, 2.05) is 10.8 Å². The van der Waals surface area contributed by atoms with E-state index in [0.29, 0.717) is 12.0 Å². The lowest BCUT2D eigenvalue weighted by Gasteiger charge is -2.15. The molecule has 0 bridgehead atoms. The molecule has 2 unspecified atom stereocenters. The molecule has 0 fully saturated rings. The van der Waals surface area contributed by atoms with Gasteiger partial charge in [0, 0.05) is 30.7 Å². The lowest BCUT2D eigenvalue weighted by atomic mass is 10.1. The Hall–Kier alpha value is -1.65. The predicted molar refractivity (Wildman–Crippen MR) is 85.5 cm³/mol. The van der Waals surface area contributed by atoms with Crippen LogP contribution in [0.1, 0.15) is 38.3 Å². The molecule has 1 aromatic carbocycles. The molecule has 4 nitrogen and oxygen atoms in total. The summed E-state index contributed by atoms with van der Waals surface area (Å²) in [5.41, 5.74) is 2.41. The Kier molecular flexibility index (Phi) is 5.96. The highest BCUT2D eigenvalue weighted by atomic mass is 16.3. The largest absolute Gasteiger partial charge is 0.396 e. The number of nitrogens with zero attached hydrogens (tertiary/aromatic N) is 2. The van der Waals surface area contributed by atoms with E-state index in [0.717, 1.165) is 25.1 Å². The van der Waals surface area contributed by atoms with Gasteiger partial charge < -0.3 is 15.0 Å². The van der Waals surface area contributed by atoms with E-state index in [-0.39, 0.29) is 6.61 Å². The van der Waals surface area contributed by atoms with Gasteiger partial charge in [-0.1, -0.05) is 19.1 Å². The highest BCUT2D eigenvalue weighted by Crippen LogP contribution is 2.16. The van der Waals surface area contributed by atoms with E-state index < -0.39 is 0 Å². The fourth-order valence-electron chi connectivity index (χ4n) is 2.33. The SMILES string of the molecule is CC(CO)CCCNC(C)c1ccc(-n2ccnc2)cc1. The number of hydrogen-bond acceptors (Lipinski definition) is 3. The third kappa shape index (κ3) is 4.69. The summed E-state index contributed by atoms with van der Waals surface area (Å²) in [6, 6.07) is 8.88. The zero-order valence-electron chi connectivity index (χ0n) is 12.9. The van der Waals surface area contributed by atoms with Gasteiger partial charge in [-0.2, -0.15) is 0 Å². The second kappa shape index (κ2) is 7.96. The number of nitrogens with one attached hydrogen (secondary N) is 1. The van der Waals surface area contributed by atoms with Crippen LogP contribution in [-0.4, -0.2) is 27.8 Å². The minimum absolute atomic E-state index is 0.283. The number of aliphatic hydroxyl groups excluding tert-OH is 1. The van der Waals surface area contributed by atoms with Crippen LogP contribution in [0.15, 0.2) is 43.0 Å². The first-order valence-electron chi connectivity index (χ1n) is 7.63. The highest BCUT2D eigenvalue weighted by Gasteiger charge is 2.05. The summed E-state index contributed by atoms with van der Waals surface area (Å²) in [6.07, 6.45) is 7.69. The predicted octanol–water partition coefficient (Wildman–Crippen LogP) is 2.93. The van der Waals surface area contributed by atoms with Crippen LogP contribution in [0.2, 0.25) is 0 Å². The van der Waals surface area contributed by atoms with E-state index in [4.69, 9.17) is 5.11 Å². The van der Waals surface area contributed by atoms with Crippen LogP contribution in [0, 0.1) is 5.92 Å². The molecule has 1 heterocycles. The normalized spacial score (nSPS) is 14.0. The minimum Gasteiger partial charge on any atom is -0.396 e. The van der Waals surface area contributed by atoms with Gasteiger partial charge in [0.1, 0.15) is 0 Å². The van der Waals surface area contributed by atoms with Crippen molar-refractivity contribution in [1.82, 2.24) is 14.9 Å². The first kappa shape index (κ1) is 15.7. The van der Waals surface area contributed by atoms with Gasteiger partial charge in [-0.15, -0.1) is 0 Å². The lowest BCUT2D eigenvalue weighted by Crippen LogP contribution is -2.20. The summed E-state index contributed by atoms with van der Waals surface area (Å²) in [5, 5.41) is 12.5. The zero-order chi connectivity index (χ0) is 15.1. The summed E-state index contributed by atoms with van der Waals surface area (Å²) in [6.45, 7) is 5.53. The Morgan fingerprint density at radius 2 is 2.00 bits per heavy atom. The maximum absolute atomic E-state index is 9.00. The molecule has 0 aliphatic rings. The summed E-state index contributed by atoms with van der Waals surface area (Å²) < 4.78 is 2.00. The van der Waals surface area contributed by atoms with Crippen molar-refractivity contribution in [3.63, 3.8) is 0 Å². The number of hydrogen-bond donors (Lipinski definition) is 2. The van der Waals surface area contributed by atoms with E-state index >= 15 is 0 Å². The molecule has 2 atom stereocenters. The molecule has 114 valence electrons. The monoisotopic (exact) mass is 287 g/mol. The summed E-state index contributed by atoms with van der Waals surface area (Å²) in [7, 11) is 0. The van der Waals surface area contributed by atoms with Crippen molar-refractivity contribution in [2.24, 2.45) is 5.92 Å². The van der Waals surface area contributed by atoms with E-state index in [9.17, 15) is 0 Å². The Labute approximate surface area is 126 Å². The fourth-order valence-corrected chi connectivity index (χ4v) is 2.33. The van der Waals surface area contributed by atoms with Crippen molar-refractivity contribution >= 4 is 0 Å². The standard InChI is InChI=1S/C17H25N3O/c1-14(12-21)4-3-9-19-15(2)16-5-7-17(8-6-16)20-11-10-18-13-20/h5-8,10-11,13-15,19,21H,3-4,9,12H2,1-2H3. The smallest absolute Gasteiger partial charge is 0.0991 e. The quantitative estimate of drug-likeness (QED) is 0.734. The molecular weight excluding hydrogens is 262 g/mol. The van der Waals surface area contributed by atoms with Crippen LogP contribution >= 0.6 is 0 Å². The van der Waals surface area contributed by atoms with Gasteiger partial charge in [-0.25, -0.2) is 4.98 Å². The van der Waals surface area contributed by atoms with Gasteiger partial charge in [0.15, 0.2) is 0 Å². The molecule has 0 saturated carbocycles. The highest BCUT2D eigenvalue weighted by molar-refractivity contribution is 5.35. The average molecular weight is 287 g/mol. The van der Waals surface area contributed by atoms with Crippen LogP contribution in [0.5, 0.6) is 0 Å². The van der Waals surface area contributed by atoms with Crippen molar-refractivity contribution in [3.05, 3.63) is 48.5 Å². The molecule has 0 spiro atoms. The molecule has 2 aromatic rings. The van der Waals surface area contributed by atoms with Gasteiger partial charge in [0.25, 0.3) is 0 Å². The second-order valence-electron chi connectivity index (χ2n) is 5.67. The Balaban J connectivity index is 1.81. The van der Waals surface area contributed by atoms with Crippen molar-refractivity contribution in [2.45, 2.75) is 32.7 Å². The van der Waals surface area contributed by atoms with Crippen molar-refractivity contribution in [1.29, 1.82) is 0 Å². The van der Waals surface area contributed by atoms with Gasteiger partial charge in [-0.05, 0) is 49.9 Å². The summed E-state index contributed by atoms with van der Waals surface area (Å²) in [4.78, 5) is 4.06. The van der Waals surface area contributed by atoms with Gasteiger partial charge in [0.05, 0.1) is 6.33 Å². The van der Waals surface area contributed by atoms with E-state index in [1.54, 1.807) is 12.5 Å². The first-order chi connectivity index (χ1) is 10.2. The first-order valence-corrected chi connectivity index (χ1v) is 7.63. The molecule has 4 heteroatoms. The maximum Gasteiger partial charge on any atom is 0.0991 e. The molecule has 21 heavy (non-hydrogen) atoms. The molecule has 0 amide bonds. The fraction of sp³-hybridized carbons (Fsp3) is 0.471. The topological polar surface area (TPSA) is 50.1 Å². The number of aromatic nitrogens is 2. The number of imidazole rings is 1. The average Bonchev–Trinajstić information content (AvgIpc) is 3.05. The molecule has 0 aliphatic carbocycles. The molecular formula is C17H25N3O. The van der Waals surface area contributed by atoms with E-state index in [1.165, 1.54) is 5.56 Å². The number of benzene rings is 1. The van der Waals surface area contributed by atoms with Crippen LogP contribution in [0.3, 0.4) is 0 Å². The van der Waals surface area contributed by atoms with E-state index in [2.05, 4.69) is 48.4 Å². The van der Waals surface area contributed by atoms with Gasteiger partial charge in [0.2, 0.25) is 0 Å². The van der Waals surface area contributed by atoms with Crippen LogP contribution in [-0.2, 0) is 0 Å². The number of aliphatic hydroxyl groups is 1. The molecule has 2 rings (SSSR count). The molecule has 0 radical (unpaired) electrons. The van der Waals surface area contributed by atoms with Crippen LogP contribution in [0.4, 0.5) is 0 Å². The number of rotatable bonds is 8. The molecule has 0 saturated heterocycles. The van der Waals surface area contributed by atoms with Gasteiger partial charge in [-0.3, -0.25) is 0 Å². The second-order valence-corrected chi connectivity index (χ2v) is 5.67. The maximum atomic E-state index is 9.00. The third-order valence-electron chi connectivity index (χ3n) is 3.83. The van der Waals surface area contributed by atoms with Crippen LogP contribution < -0.4 is 5.32 Å². The Morgan fingerprint density at radius 1 is 1.24 bits per heavy atom. The Morgan fingerprint density at radius 3 is 2.62 bits per heavy atom. The molecule has 0 aliphatic heterocycles.